The highest BCUT2D eigenvalue weighted by atomic mass is 127. The van der Waals surface area contributed by atoms with Crippen molar-refractivity contribution in [2.45, 2.75) is 6.92 Å². The second kappa shape index (κ2) is 5.79. The van der Waals surface area contributed by atoms with Crippen LogP contribution in [0.3, 0.4) is 0 Å². The highest BCUT2D eigenvalue weighted by Crippen LogP contribution is 2.19. The molecule has 0 saturated heterocycles. The van der Waals surface area contributed by atoms with E-state index >= 15 is 0 Å². The van der Waals surface area contributed by atoms with Crippen LogP contribution in [-0.2, 0) is 0 Å². The standard InChI is InChI=1S/C13H10BrIN2O/c1-8-2-3-11(15)5-12(8)17-13(18)9-4-10(14)7-16-6-9/h2-7H,1H3,(H,17,18). The van der Waals surface area contributed by atoms with Gasteiger partial charge in [0.05, 0.1) is 5.56 Å². The van der Waals surface area contributed by atoms with E-state index < -0.39 is 0 Å². The SMILES string of the molecule is Cc1ccc(I)cc1NC(=O)c1cncc(Br)c1. The van der Waals surface area contributed by atoms with Gasteiger partial charge in [0.1, 0.15) is 0 Å². The van der Waals surface area contributed by atoms with Gasteiger partial charge in [0, 0.05) is 26.1 Å². The summed E-state index contributed by atoms with van der Waals surface area (Å²) in [5, 5.41) is 2.89. The summed E-state index contributed by atoms with van der Waals surface area (Å²) in [6.45, 7) is 1.96. The summed E-state index contributed by atoms with van der Waals surface area (Å²) in [4.78, 5) is 16.0. The minimum Gasteiger partial charge on any atom is -0.322 e. The highest BCUT2D eigenvalue weighted by Gasteiger charge is 2.08. The second-order valence-corrected chi connectivity index (χ2v) is 5.97. The number of benzene rings is 1. The quantitative estimate of drug-likeness (QED) is 0.751. The van der Waals surface area contributed by atoms with E-state index in [9.17, 15) is 4.79 Å². The molecule has 1 amide bonds. The molecule has 0 saturated carbocycles. The molecular formula is C13H10BrIN2O. The Morgan fingerprint density at radius 2 is 2.11 bits per heavy atom. The Kier molecular flexibility index (Phi) is 4.34. The van der Waals surface area contributed by atoms with Crippen molar-refractivity contribution in [1.82, 2.24) is 4.98 Å². The Hall–Kier alpha value is -0.950. The number of hydrogen-bond acceptors (Lipinski definition) is 2. The number of carbonyl (C=O) groups is 1. The van der Waals surface area contributed by atoms with E-state index in [2.05, 4.69) is 48.8 Å². The average Bonchev–Trinajstić information content (AvgIpc) is 2.34. The maximum atomic E-state index is 12.1. The molecule has 18 heavy (non-hydrogen) atoms. The normalized spacial score (nSPS) is 10.2. The molecule has 92 valence electrons. The largest absolute Gasteiger partial charge is 0.322 e. The maximum Gasteiger partial charge on any atom is 0.257 e. The van der Waals surface area contributed by atoms with Gasteiger partial charge in [0.2, 0.25) is 0 Å². The summed E-state index contributed by atoms with van der Waals surface area (Å²) in [5.41, 5.74) is 2.39. The summed E-state index contributed by atoms with van der Waals surface area (Å²) < 4.78 is 1.87. The number of aryl methyl sites for hydroxylation is 1. The Bertz CT molecular complexity index is 601. The van der Waals surface area contributed by atoms with Gasteiger partial charge >= 0.3 is 0 Å². The van der Waals surface area contributed by atoms with Crippen LogP contribution in [0.4, 0.5) is 5.69 Å². The Morgan fingerprint density at radius 1 is 1.33 bits per heavy atom. The third-order valence-corrected chi connectivity index (χ3v) is 3.52. The van der Waals surface area contributed by atoms with E-state index in [1.807, 2.05) is 25.1 Å². The Balaban J connectivity index is 2.24. The van der Waals surface area contributed by atoms with Gasteiger partial charge in [-0.25, -0.2) is 0 Å². The average molecular weight is 417 g/mol. The first-order valence-electron chi connectivity index (χ1n) is 5.24. The van der Waals surface area contributed by atoms with Crippen LogP contribution in [0, 0.1) is 10.5 Å². The maximum absolute atomic E-state index is 12.1. The third-order valence-electron chi connectivity index (χ3n) is 2.41. The molecule has 5 heteroatoms. The summed E-state index contributed by atoms with van der Waals surface area (Å²) in [7, 11) is 0. The number of anilines is 1. The number of pyridine rings is 1. The van der Waals surface area contributed by atoms with Gasteiger partial charge in [0.15, 0.2) is 0 Å². The fourth-order valence-electron chi connectivity index (χ4n) is 1.46. The Morgan fingerprint density at radius 3 is 2.83 bits per heavy atom. The molecule has 1 heterocycles. The van der Waals surface area contributed by atoms with Crippen LogP contribution in [0.5, 0.6) is 0 Å². The Labute approximate surface area is 127 Å². The fourth-order valence-corrected chi connectivity index (χ4v) is 2.32. The molecule has 0 spiro atoms. The van der Waals surface area contributed by atoms with Crippen molar-refractivity contribution in [2.75, 3.05) is 5.32 Å². The summed E-state index contributed by atoms with van der Waals surface area (Å²) >= 11 is 5.52. The topological polar surface area (TPSA) is 42.0 Å². The van der Waals surface area contributed by atoms with Crippen LogP contribution < -0.4 is 5.32 Å². The van der Waals surface area contributed by atoms with E-state index in [0.717, 1.165) is 19.3 Å². The van der Waals surface area contributed by atoms with Gasteiger partial charge in [-0.15, -0.1) is 0 Å². The fraction of sp³-hybridized carbons (Fsp3) is 0.0769. The van der Waals surface area contributed by atoms with Gasteiger partial charge in [-0.3, -0.25) is 9.78 Å². The number of rotatable bonds is 2. The first-order chi connectivity index (χ1) is 8.56. The lowest BCUT2D eigenvalue weighted by Crippen LogP contribution is -2.13. The molecule has 1 aromatic carbocycles. The minimum atomic E-state index is -0.158. The number of aromatic nitrogens is 1. The molecule has 0 bridgehead atoms. The van der Waals surface area contributed by atoms with Crippen LogP contribution >= 0.6 is 38.5 Å². The summed E-state index contributed by atoms with van der Waals surface area (Å²) in [6, 6.07) is 7.67. The number of nitrogens with one attached hydrogen (secondary N) is 1. The van der Waals surface area contributed by atoms with Crippen molar-refractivity contribution in [3.05, 3.63) is 55.8 Å². The van der Waals surface area contributed by atoms with Crippen LogP contribution in [0.2, 0.25) is 0 Å². The number of carbonyl (C=O) groups excluding carboxylic acids is 1. The van der Waals surface area contributed by atoms with Crippen LogP contribution in [0.1, 0.15) is 15.9 Å². The summed E-state index contributed by atoms with van der Waals surface area (Å²) in [6.07, 6.45) is 3.19. The monoisotopic (exact) mass is 416 g/mol. The molecule has 0 aliphatic heterocycles. The smallest absolute Gasteiger partial charge is 0.257 e. The van der Waals surface area contributed by atoms with Crippen molar-refractivity contribution in [2.24, 2.45) is 0 Å². The first-order valence-corrected chi connectivity index (χ1v) is 7.11. The van der Waals surface area contributed by atoms with Gasteiger partial charge < -0.3 is 5.32 Å². The minimum absolute atomic E-state index is 0.158. The molecule has 0 unspecified atom stereocenters. The first kappa shape index (κ1) is 13.5. The molecule has 0 aliphatic rings. The van der Waals surface area contributed by atoms with E-state index in [4.69, 9.17) is 0 Å². The van der Waals surface area contributed by atoms with Gasteiger partial charge in [-0.05, 0) is 69.2 Å². The van der Waals surface area contributed by atoms with Crippen molar-refractivity contribution in [3.8, 4) is 0 Å². The molecular weight excluding hydrogens is 407 g/mol. The van der Waals surface area contributed by atoms with Crippen LogP contribution in [-0.4, -0.2) is 10.9 Å². The molecule has 0 radical (unpaired) electrons. The van der Waals surface area contributed by atoms with E-state index in [-0.39, 0.29) is 5.91 Å². The molecule has 0 atom stereocenters. The predicted octanol–water partition coefficient (Wildman–Crippen LogP) is 4.01. The molecule has 3 nitrogen and oxygen atoms in total. The molecule has 1 aromatic heterocycles. The molecule has 0 fully saturated rings. The molecule has 0 aliphatic carbocycles. The third kappa shape index (κ3) is 3.29. The zero-order valence-corrected chi connectivity index (χ0v) is 13.3. The number of hydrogen-bond donors (Lipinski definition) is 1. The van der Waals surface area contributed by atoms with E-state index in [0.29, 0.717) is 5.56 Å². The molecule has 1 N–H and O–H groups in total. The number of nitrogens with zero attached hydrogens (tertiary/aromatic N) is 1. The van der Waals surface area contributed by atoms with Gasteiger partial charge in [-0.1, -0.05) is 6.07 Å². The molecule has 2 aromatic rings. The van der Waals surface area contributed by atoms with Crippen LogP contribution in [0.15, 0.2) is 41.1 Å². The lowest BCUT2D eigenvalue weighted by Gasteiger charge is -2.08. The van der Waals surface area contributed by atoms with E-state index in [1.54, 1.807) is 18.5 Å². The van der Waals surface area contributed by atoms with Crippen molar-refractivity contribution in [1.29, 1.82) is 0 Å². The van der Waals surface area contributed by atoms with Crippen LogP contribution in [0.25, 0.3) is 0 Å². The number of halogens is 2. The second-order valence-electron chi connectivity index (χ2n) is 3.81. The van der Waals surface area contributed by atoms with Crippen molar-refractivity contribution < 1.29 is 4.79 Å². The van der Waals surface area contributed by atoms with Gasteiger partial charge in [0.25, 0.3) is 5.91 Å². The van der Waals surface area contributed by atoms with Crippen molar-refractivity contribution >= 4 is 50.1 Å². The lowest BCUT2D eigenvalue weighted by atomic mass is 10.2. The predicted molar refractivity (Wildman–Crippen MR) is 83.8 cm³/mol. The summed E-state index contributed by atoms with van der Waals surface area (Å²) in [5.74, 6) is -0.158. The van der Waals surface area contributed by atoms with E-state index in [1.165, 1.54) is 0 Å². The zero-order chi connectivity index (χ0) is 13.1. The zero-order valence-electron chi connectivity index (χ0n) is 9.58. The molecule has 2 rings (SSSR count). The number of amides is 1. The van der Waals surface area contributed by atoms with Crippen molar-refractivity contribution in [3.63, 3.8) is 0 Å². The van der Waals surface area contributed by atoms with Gasteiger partial charge in [-0.2, -0.15) is 0 Å². The highest BCUT2D eigenvalue weighted by molar-refractivity contribution is 14.1. The lowest BCUT2D eigenvalue weighted by molar-refractivity contribution is 0.102.